The van der Waals surface area contributed by atoms with Gasteiger partial charge in [0.05, 0.1) is 0 Å². The standard InChI is InChI=1S/C13H8BrNO2/c14-10-4-3-7-12(9(10)8-15)17-13-6-2-1-5-11(13)16/h1-7,16H. The lowest BCUT2D eigenvalue weighted by atomic mass is 10.2. The summed E-state index contributed by atoms with van der Waals surface area (Å²) in [5.41, 5.74) is 0.399. The number of hydrogen-bond acceptors (Lipinski definition) is 3. The number of hydrogen-bond donors (Lipinski definition) is 1. The summed E-state index contributed by atoms with van der Waals surface area (Å²) in [6.45, 7) is 0. The second-order valence-corrected chi connectivity index (χ2v) is 4.15. The van der Waals surface area contributed by atoms with Crippen LogP contribution in [0.3, 0.4) is 0 Å². The minimum absolute atomic E-state index is 0.0383. The van der Waals surface area contributed by atoms with Gasteiger partial charge in [0.15, 0.2) is 11.5 Å². The van der Waals surface area contributed by atoms with Gasteiger partial charge in [-0.25, -0.2) is 0 Å². The highest BCUT2D eigenvalue weighted by molar-refractivity contribution is 9.10. The van der Waals surface area contributed by atoms with E-state index in [2.05, 4.69) is 22.0 Å². The molecule has 0 unspecified atom stereocenters. The SMILES string of the molecule is N#Cc1c(Br)cccc1Oc1ccccc1O. The summed E-state index contributed by atoms with van der Waals surface area (Å²) in [6, 6.07) is 13.9. The van der Waals surface area contributed by atoms with E-state index >= 15 is 0 Å². The molecular weight excluding hydrogens is 282 g/mol. The molecule has 0 atom stereocenters. The number of halogens is 1. The first kappa shape index (κ1) is 11.5. The topological polar surface area (TPSA) is 53.2 Å². The summed E-state index contributed by atoms with van der Waals surface area (Å²) in [4.78, 5) is 0. The van der Waals surface area contributed by atoms with Gasteiger partial charge < -0.3 is 9.84 Å². The Hall–Kier alpha value is -1.99. The Morgan fingerprint density at radius 2 is 1.76 bits per heavy atom. The van der Waals surface area contributed by atoms with Crippen molar-refractivity contribution in [3.05, 3.63) is 52.5 Å². The van der Waals surface area contributed by atoms with Crippen LogP contribution in [0.4, 0.5) is 0 Å². The Morgan fingerprint density at radius 1 is 1.06 bits per heavy atom. The molecule has 0 bridgehead atoms. The highest BCUT2D eigenvalue weighted by atomic mass is 79.9. The minimum Gasteiger partial charge on any atom is -0.504 e. The van der Waals surface area contributed by atoms with Crippen LogP contribution in [0.25, 0.3) is 0 Å². The largest absolute Gasteiger partial charge is 0.504 e. The molecule has 2 rings (SSSR count). The van der Waals surface area contributed by atoms with E-state index in [1.807, 2.05) is 0 Å². The number of nitriles is 1. The first-order valence-corrected chi connectivity index (χ1v) is 5.66. The van der Waals surface area contributed by atoms with Gasteiger partial charge >= 0.3 is 0 Å². The summed E-state index contributed by atoms with van der Waals surface area (Å²) >= 11 is 3.27. The van der Waals surface area contributed by atoms with Crippen molar-refractivity contribution in [1.82, 2.24) is 0 Å². The number of phenolic OH excluding ortho intramolecular Hbond substituents is 1. The normalized spacial score (nSPS) is 9.65. The van der Waals surface area contributed by atoms with Crippen molar-refractivity contribution in [2.75, 3.05) is 0 Å². The Bertz CT molecular complexity index is 590. The van der Waals surface area contributed by atoms with E-state index in [4.69, 9.17) is 10.00 Å². The third-order valence-corrected chi connectivity index (χ3v) is 2.83. The van der Waals surface area contributed by atoms with Crippen LogP contribution in [-0.4, -0.2) is 5.11 Å². The van der Waals surface area contributed by atoms with Crippen LogP contribution < -0.4 is 4.74 Å². The van der Waals surface area contributed by atoms with Crippen molar-refractivity contribution < 1.29 is 9.84 Å². The van der Waals surface area contributed by atoms with E-state index in [-0.39, 0.29) is 5.75 Å². The van der Waals surface area contributed by atoms with E-state index in [0.29, 0.717) is 21.5 Å². The molecule has 2 aromatic rings. The molecule has 17 heavy (non-hydrogen) atoms. The first-order valence-electron chi connectivity index (χ1n) is 4.87. The summed E-state index contributed by atoms with van der Waals surface area (Å²) < 4.78 is 6.17. The van der Waals surface area contributed by atoms with Gasteiger partial charge in [0.25, 0.3) is 0 Å². The van der Waals surface area contributed by atoms with E-state index in [0.717, 1.165) is 0 Å². The molecular formula is C13H8BrNO2. The number of ether oxygens (including phenoxy) is 1. The van der Waals surface area contributed by atoms with Crippen molar-refractivity contribution in [2.24, 2.45) is 0 Å². The van der Waals surface area contributed by atoms with Crippen molar-refractivity contribution >= 4 is 15.9 Å². The molecule has 0 aliphatic heterocycles. The van der Waals surface area contributed by atoms with Gasteiger partial charge in [-0.05, 0) is 40.2 Å². The summed E-state index contributed by atoms with van der Waals surface area (Å²) in [5.74, 6) is 0.766. The Labute approximate surface area is 107 Å². The fourth-order valence-electron chi connectivity index (χ4n) is 1.36. The lowest BCUT2D eigenvalue weighted by Crippen LogP contribution is -1.89. The smallest absolute Gasteiger partial charge is 0.169 e. The van der Waals surface area contributed by atoms with E-state index in [1.54, 1.807) is 36.4 Å². The van der Waals surface area contributed by atoms with Gasteiger partial charge in [0.1, 0.15) is 17.4 Å². The Balaban J connectivity index is 2.41. The maximum absolute atomic E-state index is 9.59. The molecule has 1 N–H and O–H groups in total. The van der Waals surface area contributed by atoms with Gasteiger partial charge in [-0.2, -0.15) is 5.26 Å². The lowest BCUT2D eigenvalue weighted by Gasteiger charge is -2.09. The van der Waals surface area contributed by atoms with Crippen LogP contribution >= 0.6 is 15.9 Å². The number of phenols is 1. The molecule has 0 amide bonds. The maximum atomic E-state index is 9.59. The average molecular weight is 290 g/mol. The number of para-hydroxylation sites is 2. The Morgan fingerprint density at radius 3 is 2.47 bits per heavy atom. The molecule has 4 heteroatoms. The number of aromatic hydroxyl groups is 1. The van der Waals surface area contributed by atoms with Crippen molar-refractivity contribution in [3.8, 4) is 23.3 Å². The fourth-order valence-corrected chi connectivity index (χ4v) is 1.80. The molecule has 0 spiro atoms. The molecule has 0 aromatic heterocycles. The molecule has 0 aliphatic carbocycles. The van der Waals surface area contributed by atoms with E-state index in [9.17, 15) is 5.11 Å². The number of benzene rings is 2. The number of rotatable bonds is 2. The van der Waals surface area contributed by atoms with Gasteiger partial charge in [-0.3, -0.25) is 0 Å². The molecule has 2 aromatic carbocycles. The highest BCUT2D eigenvalue weighted by Crippen LogP contribution is 2.34. The van der Waals surface area contributed by atoms with Crippen LogP contribution in [-0.2, 0) is 0 Å². The summed E-state index contributed by atoms with van der Waals surface area (Å²) in [6.07, 6.45) is 0. The first-order chi connectivity index (χ1) is 8.22. The molecule has 0 fully saturated rings. The molecule has 0 saturated heterocycles. The van der Waals surface area contributed by atoms with Gasteiger partial charge in [-0.15, -0.1) is 0 Å². The van der Waals surface area contributed by atoms with E-state index in [1.165, 1.54) is 6.07 Å². The van der Waals surface area contributed by atoms with Crippen LogP contribution in [0, 0.1) is 11.3 Å². The fraction of sp³-hybridized carbons (Fsp3) is 0. The number of nitrogens with zero attached hydrogens (tertiary/aromatic N) is 1. The lowest BCUT2D eigenvalue weighted by molar-refractivity contribution is 0.410. The molecule has 0 aliphatic rings. The predicted molar refractivity (Wildman–Crippen MR) is 67.0 cm³/mol. The van der Waals surface area contributed by atoms with Crippen molar-refractivity contribution in [2.45, 2.75) is 0 Å². The quantitative estimate of drug-likeness (QED) is 0.914. The van der Waals surface area contributed by atoms with Crippen molar-refractivity contribution in [3.63, 3.8) is 0 Å². The Kier molecular flexibility index (Phi) is 3.31. The zero-order chi connectivity index (χ0) is 12.3. The van der Waals surface area contributed by atoms with Gasteiger partial charge in [0.2, 0.25) is 0 Å². The van der Waals surface area contributed by atoms with Crippen LogP contribution in [0.2, 0.25) is 0 Å². The van der Waals surface area contributed by atoms with E-state index < -0.39 is 0 Å². The molecule has 0 saturated carbocycles. The van der Waals surface area contributed by atoms with Gasteiger partial charge in [-0.1, -0.05) is 18.2 Å². The summed E-state index contributed by atoms with van der Waals surface area (Å²) in [7, 11) is 0. The van der Waals surface area contributed by atoms with Gasteiger partial charge in [0, 0.05) is 4.47 Å². The molecule has 0 radical (unpaired) electrons. The van der Waals surface area contributed by atoms with Crippen LogP contribution in [0.15, 0.2) is 46.9 Å². The second kappa shape index (κ2) is 4.89. The maximum Gasteiger partial charge on any atom is 0.169 e. The zero-order valence-corrected chi connectivity index (χ0v) is 10.3. The van der Waals surface area contributed by atoms with Crippen LogP contribution in [0.1, 0.15) is 5.56 Å². The highest BCUT2D eigenvalue weighted by Gasteiger charge is 2.09. The minimum atomic E-state index is 0.0383. The molecule has 0 heterocycles. The monoisotopic (exact) mass is 289 g/mol. The third-order valence-electron chi connectivity index (χ3n) is 2.17. The van der Waals surface area contributed by atoms with Crippen molar-refractivity contribution in [1.29, 1.82) is 5.26 Å². The zero-order valence-electron chi connectivity index (χ0n) is 8.72. The molecule has 84 valence electrons. The average Bonchev–Trinajstić information content (AvgIpc) is 2.32. The predicted octanol–water partition coefficient (Wildman–Crippen LogP) is 3.82. The summed E-state index contributed by atoms with van der Waals surface area (Å²) in [5, 5.41) is 18.6. The van der Waals surface area contributed by atoms with Crippen LogP contribution in [0.5, 0.6) is 17.2 Å². The second-order valence-electron chi connectivity index (χ2n) is 3.29. The third kappa shape index (κ3) is 2.40. The molecule has 3 nitrogen and oxygen atoms in total.